The predicted molar refractivity (Wildman–Crippen MR) is 341 cm³/mol. The molecule has 20 nitrogen and oxygen atoms in total. The molecule has 1 N–H and O–H groups in total. The molecule has 13 rings (SSSR count). The van der Waals surface area contributed by atoms with Crippen molar-refractivity contribution < 1.29 is 36.4 Å². The maximum Gasteiger partial charge on any atom is 0.335 e. The fourth-order valence-corrected chi connectivity index (χ4v) is 10.2. The van der Waals surface area contributed by atoms with Crippen molar-refractivity contribution >= 4 is 5.97 Å². The van der Waals surface area contributed by atoms with E-state index in [0.29, 0.717) is 56.9 Å². The van der Waals surface area contributed by atoms with E-state index in [2.05, 4.69) is 144 Å². The summed E-state index contributed by atoms with van der Waals surface area (Å²) >= 11 is 0. The zero-order chi connectivity index (χ0) is 63.7. The lowest BCUT2D eigenvalue weighted by Crippen LogP contribution is -2.10. The Morgan fingerprint density at radius 3 is 0.527 bits per heavy atom. The molecule has 454 valence electrons. The molecule has 0 atom stereocenters. The second-order valence-corrected chi connectivity index (χ2v) is 26.5. The average molecular weight is 1210 g/mol. The maximum atomic E-state index is 12.9. The van der Waals surface area contributed by atoms with Crippen LogP contribution in [0.15, 0.2) is 178 Å². The molecular formula is C71H62N12O8. The molecule has 91 heavy (non-hydrogen) atoms. The Hall–Kier alpha value is -11.2. The van der Waals surface area contributed by atoms with E-state index in [1.807, 2.05) is 97.1 Å². The normalized spacial score (nSPS) is 12.3. The van der Waals surface area contributed by atoms with Crippen LogP contribution in [-0.2, 0) is 21.7 Å². The molecule has 0 bridgehead atoms. The number of carboxylic acids is 1. The quantitative estimate of drug-likeness (QED) is 0.112. The number of benzene rings is 7. The first kappa shape index (κ1) is 58.8. The van der Waals surface area contributed by atoms with Crippen LogP contribution >= 0.6 is 0 Å². The SMILES string of the molecule is CC(C)(C)c1ccc(-c2nnc(-c3cc(-c4nnc(-c5ccc(C(C)(C)C)cc5)o4)cc(-c4nnc(-c5cc(C(=O)O)cc(-c6nnc(-c7cc(-c8nnc(-c9ccc(C(C)(C)C)cc9)o8)cc(-c8nnc(-c9ccc(C(C)(C)C)cc9)o8)c7)o6)c5)o4)c3)o2)cc1. The zero-order valence-corrected chi connectivity index (χ0v) is 52.1. The second kappa shape index (κ2) is 22.5. The van der Waals surface area contributed by atoms with Crippen LogP contribution in [0.25, 0.3) is 137 Å². The van der Waals surface area contributed by atoms with Crippen molar-refractivity contribution in [2.24, 2.45) is 0 Å². The number of rotatable bonds is 13. The molecule has 6 aromatic heterocycles. The summed E-state index contributed by atoms with van der Waals surface area (Å²) in [5.74, 6) is 0.875. The van der Waals surface area contributed by atoms with Gasteiger partial charge < -0.3 is 31.6 Å². The first-order chi connectivity index (χ1) is 43.3. The van der Waals surface area contributed by atoms with Crippen molar-refractivity contribution in [3.8, 4) is 137 Å². The summed E-state index contributed by atoms with van der Waals surface area (Å²) in [5.41, 5.74) is 10.5. The van der Waals surface area contributed by atoms with Crippen LogP contribution in [0, 0.1) is 0 Å². The maximum absolute atomic E-state index is 12.9. The molecule has 0 amide bonds. The highest BCUT2D eigenvalue weighted by Gasteiger charge is 2.26. The summed E-state index contributed by atoms with van der Waals surface area (Å²) in [4.78, 5) is 12.9. The molecule has 20 heteroatoms. The van der Waals surface area contributed by atoms with Crippen LogP contribution in [0.5, 0.6) is 0 Å². The molecule has 0 spiro atoms. The Balaban J connectivity index is 0.846. The van der Waals surface area contributed by atoms with E-state index in [4.69, 9.17) is 26.5 Å². The van der Waals surface area contributed by atoms with Gasteiger partial charge in [-0.2, -0.15) is 0 Å². The predicted octanol–water partition coefficient (Wildman–Crippen LogP) is 16.9. The molecule has 6 heterocycles. The molecule has 0 unspecified atom stereocenters. The Kier molecular flexibility index (Phi) is 14.5. The van der Waals surface area contributed by atoms with Crippen molar-refractivity contribution in [3.63, 3.8) is 0 Å². The molecule has 0 saturated carbocycles. The van der Waals surface area contributed by atoms with Gasteiger partial charge >= 0.3 is 5.97 Å². The van der Waals surface area contributed by atoms with Gasteiger partial charge in [0.2, 0.25) is 70.7 Å². The van der Waals surface area contributed by atoms with Crippen LogP contribution in [0.1, 0.15) is 116 Å². The van der Waals surface area contributed by atoms with E-state index < -0.39 is 5.97 Å². The highest BCUT2D eigenvalue weighted by Crippen LogP contribution is 2.40. The summed E-state index contributed by atoms with van der Waals surface area (Å²) in [6.07, 6.45) is 0. The van der Waals surface area contributed by atoms with Crippen molar-refractivity contribution in [3.05, 3.63) is 179 Å². The fraction of sp³-hybridized carbons (Fsp3) is 0.225. The summed E-state index contributed by atoms with van der Waals surface area (Å²) in [5, 5.41) is 63.7. The van der Waals surface area contributed by atoms with Gasteiger partial charge in [0.1, 0.15) is 0 Å². The van der Waals surface area contributed by atoms with Gasteiger partial charge in [-0.05, 0) is 147 Å². The Morgan fingerprint density at radius 2 is 0.385 bits per heavy atom. The fourth-order valence-electron chi connectivity index (χ4n) is 10.2. The molecule has 0 aliphatic carbocycles. The highest BCUT2D eigenvalue weighted by molar-refractivity contribution is 5.91. The number of aromatic nitrogens is 12. The highest BCUT2D eigenvalue weighted by atomic mass is 16.4. The molecule has 7 aromatic carbocycles. The number of carboxylic acid groups (broad SMARTS) is 1. The lowest BCUT2D eigenvalue weighted by atomic mass is 9.87. The Morgan fingerprint density at radius 1 is 0.242 bits per heavy atom. The van der Waals surface area contributed by atoms with E-state index in [1.165, 1.54) is 12.1 Å². The van der Waals surface area contributed by atoms with E-state index in [1.54, 1.807) is 42.5 Å². The third-order valence-electron chi connectivity index (χ3n) is 15.6. The minimum Gasteiger partial charge on any atom is -0.478 e. The topological polar surface area (TPSA) is 271 Å². The molecule has 0 aliphatic rings. The minimum atomic E-state index is -1.24. The number of nitrogens with zero attached hydrogens (tertiary/aromatic N) is 12. The van der Waals surface area contributed by atoms with Crippen molar-refractivity contribution in [2.45, 2.75) is 105 Å². The summed E-state index contributed by atoms with van der Waals surface area (Å²) in [6.45, 7) is 25.8. The molecule has 0 radical (unpaired) electrons. The molecule has 0 aliphatic heterocycles. The second-order valence-electron chi connectivity index (χ2n) is 26.5. The van der Waals surface area contributed by atoms with Crippen molar-refractivity contribution in [1.29, 1.82) is 0 Å². The van der Waals surface area contributed by atoms with Gasteiger partial charge in [0.05, 0.1) is 5.56 Å². The van der Waals surface area contributed by atoms with Crippen LogP contribution in [-0.4, -0.2) is 72.3 Å². The largest absolute Gasteiger partial charge is 0.478 e. The van der Waals surface area contributed by atoms with Gasteiger partial charge in [-0.15, -0.1) is 61.2 Å². The van der Waals surface area contributed by atoms with Gasteiger partial charge in [-0.3, -0.25) is 0 Å². The van der Waals surface area contributed by atoms with Crippen molar-refractivity contribution in [2.75, 3.05) is 0 Å². The minimum absolute atomic E-state index is 0.0194. The third kappa shape index (κ3) is 12.3. The van der Waals surface area contributed by atoms with Gasteiger partial charge in [0.15, 0.2) is 0 Å². The van der Waals surface area contributed by atoms with Crippen LogP contribution in [0.3, 0.4) is 0 Å². The smallest absolute Gasteiger partial charge is 0.335 e. The molecule has 0 saturated heterocycles. The Labute approximate surface area is 522 Å². The van der Waals surface area contributed by atoms with Crippen LogP contribution < -0.4 is 0 Å². The number of hydrogen-bond acceptors (Lipinski definition) is 19. The van der Waals surface area contributed by atoms with E-state index in [9.17, 15) is 9.90 Å². The summed E-state index contributed by atoms with van der Waals surface area (Å²) in [6, 6.07) is 47.0. The number of carbonyl (C=O) groups is 1. The molecular weight excluding hydrogens is 1150 g/mol. The first-order valence-corrected chi connectivity index (χ1v) is 29.5. The number of hydrogen-bond donors (Lipinski definition) is 1. The van der Waals surface area contributed by atoms with Crippen LogP contribution in [0.2, 0.25) is 0 Å². The summed E-state index contributed by atoms with van der Waals surface area (Å²) < 4.78 is 38.1. The van der Waals surface area contributed by atoms with Gasteiger partial charge in [0.25, 0.3) is 0 Å². The molecule has 13 aromatic rings. The standard InChI is InChI=1S/C71H62N12O8/c1-68(2,3)51-21-13-38(14-22-51)55-72-76-59(86-55)42-29-43(60-77-73-56(87-60)39-15-23-52(24-16-39)69(4,5)6)32-46(31-42)63-80-82-65(90-63)48-35-49(37-50(36-48)67(84)85)66-83-81-64(91-66)47-33-44(61-78-74-57(88-61)40-17-25-53(26-18-40)70(7,8)9)30-45(34-47)62-79-75-58(89-62)41-19-27-54(28-20-41)71(10,11)12/h13-37H,1-12H3,(H,84,85). The third-order valence-corrected chi connectivity index (χ3v) is 15.6. The lowest BCUT2D eigenvalue weighted by molar-refractivity contribution is 0.0697. The summed E-state index contributed by atoms with van der Waals surface area (Å²) in [7, 11) is 0. The lowest BCUT2D eigenvalue weighted by Gasteiger charge is -2.18. The van der Waals surface area contributed by atoms with Gasteiger partial charge in [0, 0.05) is 66.8 Å². The van der Waals surface area contributed by atoms with Gasteiger partial charge in [-0.25, -0.2) is 4.79 Å². The number of aromatic carboxylic acids is 1. The van der Waals surface area contributed by atoms with E-state index in [0.717, 1.165) is 44.5 Å². The average Bonchev–Trinajstić information content (AvgIpc) is 1.77. The van der Waals surface area contributed by atoms with Crippen LogP contribution in [0.4, 0.5) is 0 Å². The Bertz CT molecular complexity index is 4310. The van der Waals surface area contributed by atoms with E-state index in [-0.39, 0.29) is 85.5 Å². The van der Waals surface area contributed by atoms with E-state index >= 15 is 0 Å². The monoisotopic (exact) mass is 1210 g/mol. The first-order valence-electron chi connectivity index (χ1n) is 29.5. The van der Waals surface area contributed by atoms with Gasteiger partial charge in [-0.1, -0.05) is 132 Å². The molecule has 0 fully saturated rings. The van der Waals surface area contributed by atoms with Crippen molar-refractivity contribution in [1.82, 2.24) is 61.2 Å². The zero-order valence-electron chi connectivity index (χ0n) is 52.1.